The number of carbonyl (C=O) groups is 3. The molecule has 148 valence electrons. The minimum absolute atomic E-state index is 0.126. The number of urea groups is 1. The summed E-state index contributed by atoms with van der Waals surface area (Å²) < 4.78 is 8.11. The number of ether oxygens (including phenoxy) is 1. The first-order valence-corrected chi connectivity index (χ1v) is 11.2. The van der Waals surface area contributed by atoms with Gasteiger partial charge in [-0.25, -0.2) is 9.69 Å². The third-order valence-electron chi connectivity index (χ3n) is 3.86. The van der Waals surface area contributed by atoms with Gasteiger partial charge in [-0.15, -0.1) is 0 Å². The van der Waals surface area contributed by atoms with Crippen LogP contribution in [0.15, 0.2) is 59.1 Å². The molecule has 1 fully saturated rings. The third-order valence-corrected chi connectivity index (χ3v) is 5.99. The smallest absolute Gasteiger partial charge is 0.335 e. The highest BCUT2D eigenvalue weighted by molar-refractivity contribution is 14.1. The summed E-state index contributed by atoms with van der Waals surface area (Å²) in [5, 5.41) is 2.22. The van der Waals surface area contributed by atoms with Crippen molar-refractivity contribution in [1.29, 1.82) is 0 Å². The molecule has 0 unspecified atom stereocenters. The topological polar surface area (TPSA) is 75.7 Å². The molecule has 0 saturated carbocycles. The SMILES string of the molecule is C=CCOc1c(I)cc(/C=C2\C(=O)NC(=O)N(c3ccc(Br)cc3)C2=O)cc1I. The van der Waals surface area contributed by atoms with Gasteiger partial charge >= 0.3 is 6.03 Å². The number of anilines is 1. The molecule has 1 aliphatic heterocycles. The summed E-state index contributed by atoms with van der Waals surface area (Å²) >= 11 is 7.57. The zero-order valence-electron chi connectivity index (χ0n) is 14.7. The quantitative estimate of drug-likeness (QED) is 0.212. The number of benzene rings is 2. The van der Waals surface area contributed by atoms with Crippen molar-refractivity contribution in [2.45, 2.75) is 0 Å². The molecule has 3 rings (SSSR count). The predicted molar refractivity (Wildman–Crippen MR) is 131 cm³/mol. The lowest BCUT2D eigenvalue weighted by Gasteiger charge is -2.26. The molecule has 0 radical (unpaired) electrons. The summed E-state index contributed by atoms with van der Waals surface area (Å²) in [6.07, 6.45) is 3.12. The number of halogens is 3. The lowest BCUT2D eigenvalue weighted by molar-refractivity contribution is -0.122. The molecule has 6 nitrogen and oxygen atoms in total. The van der Waals surface area contributed by atoms with Crippen molar-refractivity contribution < 1.29 is 19.1 Å². The molecule has 9 heteroatoms. The second kappa shape index (κ2) is 9.39. The highest BCUT2D eigenvalue weighted by atomic mass is 127. The Morgan fingerprint density at radius 1 is 1.10 bits per heavy atom. The van der Waals surface area contributed by atoms with Crippen molar-refractivity contribution >= 4 is 90.7 Å². The van der Waals surface area contributed by atoms with Crippen LogP contribution in [0.5, 0.6) is 5.75 Å². The van der Waals surface area contributed by atoms with E-state index in [9.17, 15) is 14.4 Å². The van der Waals surface area contributed by atoms with Gasteiger partial charge < -0.3 is 4.74 Å². The molecule has 2 aromatic rings. The lowest BCUT2D eigenvalue weighted by Crippen LogP contribution is -2.54. The van der Waals surface area contributed by atoms with E-state index in [0.29, 0.717) is 23.6 Å². The molecule has 0 aliphatic carbocycles. The third kappa shape index (κ3) is 4.89. The van der Waals surface area contributed by atoms with E-state index in [2.05, 4.69) is 73.0 Å². The second-order valence-corrected chi connectivity index (χ2v) is 9.09. The summed E-state index contributed by atoms with van der Waals surface area (Å²) in [5.41, 5.74) is 0.888. The molecule has 1 N–H and O–H groups in total. The number of imide groups is 2. The Hall–Kier alpha value is -1.73. The number of barbiturate groups is 1. The van der Waals surface area contributed by atoms with Crippen LogP contribution in [-0.2, 0) is 9.59 Å². The van der Waals surface area contributed by atoms with Crippen LogP contribution in [0.1, 0.15) is 5.56 Å². The summed E-state index contributed by atoms with van der Waals surface area (Å²) in [4.78, 5) is 38.5. The van der Waals surface area contributed by atoms with Crippen molar-refractivity contribution in [3.05, 3.63) is 71.8 Å². The second-order valence-electron chi connectivity index (χ2n) is 5.85. The maximum absolute atomic E-state index is 12.9. The van der Waals surface area contributed by atoms with Crippen molar-refractivity contribution in [2.75, 3.05) is 11.5 Å². The lowest BCUT2D eigenvalue weighted by atomic mass is 10.1. The van der Waals surface area contributed by atoms with E-state index in [1.54, 1.807) is 42.5 Å². The van der Waals surface area contributed by atoms with Gasteiger partial charge in [0.2, 0.25) is 0 Å². The number of rotatable bonds is 5. The Kier molecular flexibility index (Phi) is 7.11. The molecular weight excluding hydrogens is 666 g/mol. The number of hydrogen-bond donors (Lipinski definition) is 1. The summed E-state index contributed by atoms with van der Waals surface area (Å²) in [6.45, 7) is 4.01. The van der Waals surface area contributed by atoms with Gasteiger partial charge in [-0.3, -0.25) is 14.9 Å². The van der Waals surface area contributed by atoms with Crippen LogP contribution in [0.2, 0.25) is 0 Å². The van der Waals surface area contributed by atoms with Crippen molar-refractivity contribution in [1.82, 2.24) is 5.32 Å². The van der Waals surface area contributed by atoms with E-state index in [4.69, 9.17) is 4.74 Å². The van der Waals surface area contributed by atoms with Gasteiger partial charge in [0.1, 0.15) is 17.9 Å². The van der Waals surface area contributed by atoms with E-state index in [1.807, 2.05) is 0 Å². The van der Waals surface area contributed by atoms with Crippen molar-refractivity contribution in [3.8, 4) is 5.75 Å². The van der Waals surface area contributed by atoms with E-state index >= 15 is 0 Å². The summed E-state index contributed by atoms with van der Waals surface area (Å²) in [5.74, 6) is -0.706. The van der Waals surface area contributed by atoms with Gasteiger partial charge in [-0.2, -0.15) is 0 Å². The molecule has 1 aliphatic rings. The zero-order chi connectivity index (χ0) is 21.1. The molecule has 1 heterocycles. The largest absolute Gasteiger partial charge is 0.487 e. The highest BCUT2D eigenvalue weighted by Gasteiger charge is 2.36. The molecular formula is C20H13BrI2N2O4. The Morgan fingerprint density at radius 3 is 2.31 bits per heavy atom. The van der Waals surface area contributed by atoms with Gasteiger partial charge in [0.15, 0.2) is 0 Å². The molecule has 0 spiro atoms. The first kappa shape index (κ1) is 22.0. The minimum Gasteiger partial charge on any atom is -0.487 e. The Morgan fingerprint density at radius 2 is 1.72 bits per heavy atom. The van der Waals surface area contributed by atoms with Crippen molar-refractivity contribution in [2.24, 2.45) is 0 Å². The minimum atomic E-state index is -0.781. The molecule has 2 aromatic carbocycles. The molecule has 0 bridgehead atoms. The van der Waals surface area contributed by atoms with Crippen LogP contribution in [0.4, 0.5) is 10.5 Å². The zero-order valence-corrected chi connectivity index (χ0v) is 20.6. The van der Waals surface area contributed by atoms with Crippen LogP contribution in [0.3, 0.4) is 0 Å². The van der Waals surface area contributed by atoms with E-state index in [-0.39, 0.29) is 5.57 Å². The van der Waals surface area contributed by atoms with Crippen molar-refractivity contribution in [3.63, 3.8) is 0 Å². The Balaban J connectivity index is 1.98. The fraction of sp³-hybridized carbons (Fsp3) is 0.0500. The monoisotopic (exact) mass is 678 g/mol. The van der Waals surface area contributed by atoms with E-state index in [0.717, 1.165) is 16.5 Å². The van der Waals surface area contributed by atoms with Gasteiger partial charge in [0, 0.05) is 4.47 Å². The summed E-state index contributed by atoms with van der Waals surface area (Å²) in [6, 6.07) is 9.48. The fourth-order valence-corrected chi connectivity index (χ4v) is 4.98. The van der Waals surface area contributed by atoms with Crippen LogP contribution in [0.25, 0.3) is 6.08 Å². The standard InChI is InChI=1S/C20H13BrI2N2O4/c1-2-7-29-17-15(22)9-11(10-16(17)23)8-14-18(26)24-20(28)25(19(14)27)13-5-3-12(21)4-6-13/h2-6,8-10H,1,7H2,(H,24,26,28)/b14-8+. The molecule has 0 atom stereocenters. The first-order valence-electron chi connectivity index (χ1n) is 8.21. The summed E-state index contributed by atoms with van der Waals surface area (Å²) in [7, 11) is 0. The normalized spacial score (nSPS) is 15.5. The van der Waals surface area contributed by atoms with Crippen LogP contribution in [-0.4, -0.2) is 24.5 Å². The molecule has 1 saturated heterocycles. The van der Waals surface area contributed by atoms with Crippen LogP contribution in [0, 0.1) is 7.14 Å². The maximum atomic E-state index is 12.9. The Labute approximate surface area is 202 Å². The average Bonchev–Trinajstić information content (AvgIpc) is 2.66. The maximum Gasteiger partial charge on any atom is 0.335 e. The highest BCUT2D eigenvalue weighted by Crippen LogP contribution is 2.30. The van der Waals surface area contributed by atoms with Crippen LogP contribution >= 0.6 is 61.1 Å². The van der Waals surface area contributed by atoms with Crippen LogP contribution < -0.4 is 15.0 Å². The van der Waals surface area contributed by atoms with Gasteiger partial charge in [0.05, 0.1) is 12.8 Å². The molecule has 0 aromatic heterocycles. The Bertz CT molecular complexity index is 1030. The first-order chi connectivity index (χ1) is 13.8. The van der Waals surface area contributed by atoms with Gasteiger partial charge in [-0.05, 0) is 93.2 Å². The number of carbonyl (C=O) groups excluding carboxylic acids is 3. The molecule has 4 amide bonds. The average molecular weight is 679 g/mol. The number of nitrogens with zero attached hydrogens (tertiary/aromatic N) is 1. The van der Waals surface area contributed by atoms with E-state index in [1.165, 1.54) is 6.08 Å². The van der Waals surface area contributed by atoms with E-state index < -0.39 is 17.8 Å². The fourth-order valence-electron chi connectivity index (χ4n) is 2.59. The van der Waals surface area contributed by atoms with Gasteiger partial charge in [-0.1, -0.05) is 28.6 Å². The van der Waals surface area contributed by atoms with Gasteiger partial charge in [0.25, 0.3) is 11.8 Å². The number of amides is 4. The number of hydrogen-bond acceptors (Lipinski definition) is 4. The predicted octanol–water partition coefficient (Wildman–Crippen LogP) is 4.89. The molecule has 29 heavy (non-hydrogen) atoms. The number of nitrogens with one attached hydrogen (secondary N) is 1.